The predicted molar refractivity (Wildman–Crippen MR) is 80.4 cm³/mol. The van der Waals surface area contributed by atoms with Crippen LogP contribution in [-0.4, -0.2) is 19.7 Å². The number of nitrogen functional groups attached to an aromatic ring is 1. The van der Waals surface area contributed by atoms with E-state index in [1.807, 2.05) is 17.9 Å². The van der Waals surface area contributed by atoms with Crippen molar-refractivity contribution in [2.75, 3.05) is 11.1 Å². The molecule has 0 aliphatic heterocycles. The molecular formula is C14H22N6. The van der Waals surface area contributed by atoms with Crippen LogP contribution < -0.4 is 11.1 Å². The molecule has 0 unspecified atom stereocenters. The Hall–Kier alpha value is -2.11. The van der Waals surface area contributed by atoms with Crippen molar-refractivity contribution in [2.24, 2.45) is 7.05 Å². The maximum Gasteiger partial charge on any atom is 0.134 e. The SMILES string of the molecule is CCCc1c(N)ncnc1NCc1cn(C)nc1CC. The Labute approximate surface area is 119 Å². The lowest BCUT2D eigenvalue weighted by molar-refractivity contribution is 0.746. The van der Waals surface area contributed by atoms with Gasteiger partial charge in [-0.1, -0.05) is 20.3 Å². The second kappa shape index (κ2) is 6.36. The molecule has 0 atom stereocenters. The van der Waals surface area contributed by atoms with Gasteiger partial charge in [-0.2, -0.15) is 5.10 Å². The van der Waals surface area contributed by atoms with E-state index < -0.39 is 0 Å². The fourth-order valence-electron chi connectivity index (χ4n) is 2.28. The van der Waals surface area contributed by atoms with E-state index in [0.29, 0.717) is 12.4 Å². The summed E-state index contributed by atoms with van der Waals surface area (Å²) in [6, 6.07) is 0. The lowest BCUT2D eigenvalue weighted by Gasteiger charge is -2.11. The Morgan fingerprint density at radius 3 is 2.80 bits per heavy atom. The van der Waals surface area contributed by atoms with E-state index in [-0.39, 0.29) is 0 Å². The van der Waals surface area contributed by atoms with Gasteiger partial charge < -0.3 is 11.1 Å². The minimum absolute atomic E-state index is 0.561. The number of rotatable bonds is 6. The summed E-state index contributed by atoms with van der Waals surface area (Å²) in [6.07, 6.45) is 6.35. The second-order valence-corrected chi connectivity index (χ2v) is 4.82. The van der Waals surface area contributed by atoms with Gasteiger partial charge in [0.05, 0.1) is 5.69 Å². The first-order valence-corrected chi connectivity index (χ1v) is 7.00. The second-order valence-electron chi connectivity index (χ2n) is 4.82. The summed E-state index contributed by atoms with van der Waals surface area (Å²) in [6.45, 7) is 4.92. The molecule has 0 radical (unpaired) electrons. The van der Waals surface area contributed by atoms with Crippen LogP contribution in [0.1, 0.15) is 37.1 Å². The van der Waals surface area contributed by atoms with Crippen molar-refractivity contribution in [3.8, 4) is 0 Å². The van der Waals surface area contributed by atoms with Crippen molar-refractivity contribution in [1.82, 2.24) is 19.7 Å². The van der Waals surface area contributed by atoms with Gasteiger partial charge in [0.1, 0.15) is 18.0 Å². The standard InChI is InChI=1S/C14H22N6/c1-4-6-11-13(15)17-9-18-14(11)16-7-10-8-20(3)19-12(10)5-2/h8-9H,4-7H2,1-3H3,(H3,15,16,17,18). The van der Waals surface area contributed by atoms with E-state index in [2.05, 4.69) is 34.2 Å². The van der Waals surface area contributed by atoms with Gasteiger partial charge in [0.2, 0.25) is 0 Å². The van der Waals surface area contributed by atoms with Gasteiger partial charge in [-0.25, -0.2) is 9.97 Å². The molecule has 0 amide bonds. The average Bonchev–Trinajstić information content (AvgIpc) is 2.80. The number of nitrogens with two attached hydrogens (primary N) is 1. The van der Waals surface area contributed by atoms with Crippen LogP contribution in [0.25, 0.3) is 0 Å². The molecule has 2 aromatic rings. The first-order valence-electron chi connectivity index (χ1n) is 7.00. The van der Waals surface area contributed by atoms with Gasteiger partial charge in [0.25, 0.3) is 0 Å². The van der Waals surface area contributed by atoms with Crippen molar-refractivity contribution in [3.63, 3.8) is 0 Å². The van der Waals surface area contributed by atoms with Crippen molar-refractivity contribution in [1.29, 1.82) is 0 Å². The maximum atomic E-state index is 5.93. The Morgan fingerprint density at radius 1 is 1.30 bits per heavy atom. The third-order valence-corrected chi connectivity index (χ3v) is 3.25. The van der Waals surface area contributed by atoms with Gasteiger partial charge in [0, 0.05) is 30.9 Å². The van der Waals surface area contributed by atoms with Crippen molar-refractivity contribution in [3.05, 3.63) is 29.3 Å². The highest BCUT2D eigenvalue weighted by molar-refractivity contribution is 5.55. The third-order valence-electron chi connectivity index (χ3n) is 3.25. The molecule has 6 heteroatoms. The minimum Gasteiger partial charge on any atom is -0.383 e. The van der Waals surface area contributed by atoms with Gasteiger partial charge in [-0.15, -0.1) is 0 Å². The number of nitrogens with one attached hydrogen (secondary N) is 1. The van der Waals surface area contributed by atoms with Gasteiger partial charge in [-0.3, -0.25) is 4.68 Å². The Morgan fingerprint density at radius 2 is 2.10 bits per heavy atom. The first kappa shape index (κ1) is 14.3. The number of nitrogens with zero attached hydrogens (tertiary/aromatic N) is 4. The molecule has 20 heavy (non-hydrogen) atoms. The molecule has 6 nitrogen and oxygen atoms in total. The highest BCUT2D eigenvalue weighted by atomic mass is 15.3. The molecule has 0 saturated heterocycles. The lowest BCUT2D eigenvalue weighted by atomic mass is 10.1. The molecule has 3 N–H and O–H groups in total. The number of anilines is 2. The number of hydrogen-bond acceptors (Lipinski definition) is 5. The van der Waals surface area contributed by atoms with E-state index in [1.54, 1.807) is 0 Å². The summed E-state index contributed by atoms with van der Waals surface area (Å²) in [7, 11) is 1.94. The van der Waals surface area contributed by atoms with Gasteiger partial charge in [0.15, 0.2) is 0 Å². The molecule has 0 fully saturated rings. The average molecular weight is 274 g/mol. The monoisotopic (exact) mass is 274 g/mol. The molecule has 2 aromatic heterocycles. The van der Waals surface area contributed by atoms with Crippen LogP contribution in [0.5, 0.6) is 0 Å². The number of aryl methyl sites for hydroxylation is 2. The molecule has 0 aromatic carbocycles. The van der Waals surface area contributed by atoms with Crippen LogP contribution in [0.4, 0.5) is 11.6 Å². The smallest absolute Gasteiger partial charge is 0.134 e. The highest BCUT2D eigenvalue weighted by Crippen LogP contribution is 2.20. The highest BCUT2D eigenvalue weighted by Gasteiger charge is 2.10. The van der Waals surface area contributed by atoms with Crippen molar-refractivity contribution in [2.45, 2.75) is 39.7 Å². The number of hydrogen-bond donors (Lipinski definition) is 2. The van der Waals surface area contributed by atoms with E-state index in [1.165, 1.54) is 11.9 Å². The molecule has 0 aliphatic carbocycles. The Kier molecular flexibility index (Phi) is 4.55. The molecule has 0 saturated carbocycles. The summed E-state index contributed by atoms with van der Waals surface area (Å²) >= 11 is 0. The van der Waals surface area contributed by atoms with Gasteiger partial charge >= 0.3 is 0 Å². The molecule has 0 aliphatic rings. The third kappa shape index (κ3) is 3.07. The zero-order chi connectivity index (χ0) is 14.5. The van der Waals surface area contributed by atoms with E-state index in [0.717, 1.165) is 36.3 Å². The molecule has 0 spiro atoms. The van der Waals surface area contributed by atoms with Gasteiger partial charge in [-0.05, 0) is 12.8 Å². The summed E-state index contributed by atoms with van der Waals surface area (Å²) in [5.41, 5.74) is 9.23. The van der Waals surface area contributed by atoms with Crippen LogP contribution >= 0.6 is 0 Å². The minimum atomic E-state index is 0.561. The summed E-state index contributed by atoms with van der Waals surface area (Å²) in [5, 5.41) is 7.80. The zero-order valence-electron chi connectivity index (χ0n) is 12.3. The summed E-state index contributed by atoms with van der Waals surface area (Å²) in [4.78, 5) is 8.37. The first-order chi connectivity index (χ1) is 9.65. The van der Waals surface area contributed by atoms with E-state index >= 15 is 0 Å². The van der Waals surface area contributed by atoms with E-state index in [4.69, 9.17) is 5.73 Å². The Bertz CT molecular complexity index is 575. The summed E-state index contributed by atoms with van der Waals surface area (Å²) < 4.78 is 1.84. The molecule has 0 bridgehead atoms. The van der Waals surface area contributed by atoms with Crippen LogP contribution in [0.15, 0.2) is 12.5 Å². The van der Waals surface area contributed by atoms with Crippen LogP contribution in [0.2, 0.25) is 0 Å². The molecule has 2 heterocycles. The molecular weight excluding hydrogens is 252 g/mol. The quantitative estimate of drug-likeness (QED) is 0.841. The van der Waals surface area contributed by atoms with Crippen molar-refractivity contribution >= 4 is 11.6 Å². The largest absolute Gasteiger partial charge is 0.383 e. The molecule has 108 valence electrons. The fourth-order valence-corrected chi connectivity index (χ4v) is 2.28. The molecule has 2 rings (SSSR count). The van der Waals surface area contributed by atoms with Crippen LogP contribution in [-0.2, 0) is 26.4 Å². The number of aromatic nitrogens is 4. The van der Waals surface area contributed by atoms with Crippen LogP contribution in [0.3, 0.4) is 0 Å². The summed E-state index contributed by atoms with van der Waals surface area (Å²) in [5.74, 6) is 1.39. The van der Waals surface area contributed by atoms with E-state index in [9.17, 15) is 0 Å². The normalized spacial score (nSPS) is 10.8. The zero-order valence-corrected chi connectivity index (χ0v) is 12.3. The topological polar surface area (TPSA) is 81.6 Å². The predicted octanol–water partition coefficient (Wildman–Crippen LogP) is 1.92. The fraction of sp³-hybridized carbons (Fsp3) is 0.500. The lowest BCUT2D eigenvalue weighted by Crippen LogP contribution is -2.09. The van der Waals surface area contributed by atoms with Crippen molar-refractivity contribution < 1.29 is 0 Å². The maximum absolute atomic E-state index is 5.93. The Balaban J connectivity index is 2.16. The van der Waals surface area contributed by atoms with Crippen LogP contribution in [0, 0.1) is 0 Å².